The van der Waals surface area contributed by atoms with Crippen LogP contribution in [-0.2, 0) is 30.5 Å². The van der Waals surface area contributed by atoms with Gasteiger partial charge >= 0.3 is 6.03 Å². The van der Waals surface area contributed by atoms with E-state index < -0.39 is 10.9 Å². The van der Waals surface area contributed by atoms with Crippen LogP contribution in [0.2, 0.25) is 5.02 Å². The first-order chi connectivity index (χ1) is 15.5. The van der Waals surface area contributed by atoms with E-state index in [1.54, 1.807) is 12.1 Å². The van der Waals surface area contributed by atoms with Crippen molar-refractivity contribution in [2.75, 3.05) is 10.6 Å². The highest BCUT2D eigenvalue weighted by atomic mass is 35.5. The number of hydrogen-bond donors (Lipinski definition) is 6. The predicted octanol–water partition coefficient (Wildman–Crippen LogP) is 2.55. The van der Waals surface area contributed by atoms with E-state index in [0.29, 0.717) is 35.6 Å². The largest absolute Gasteiger partial charge is 0.339 e. The highest BCUT2D eigenvalue weighted by Crippen LogP contribution is 2.27. The number of nitrogens with zero attached hydrogens (tertiary/aromatic N) is 2. The number of aromatic nitrogens is 2. The molecule has 3 aromatic rings. The molecule has 12 heteroatoms. The third kappa shape index (κ3) is 5.44. The molecule has 0 aliphatic carbocycles. The Bertz CT molecular complexity index is 1230. The van der Waals surface area contributed by atoms with Crippen LogP contribution >= 0.6 is 11.6 Å². The number of rotatable bonds is 7. The average molecular weight is 474 g/mol. The van der Waals surface area contributed by atoms with Crippen molar-refractivity contribution >= 4 is 51.7 Å². The summed E-state index contributed by atoms with van der Waals surface area (Å²) in [6.07, 6.45) is 1.47. The second-order valence-corrected chi connectivity index (χ2v) is 8.15. The van der Waals surface area contributed by atoms with Crippen LogP contribution in [0.4, 0.5) is 27.9 Å². The Morgan fingerprint density at radius 1 is 1.03 bits per heavy atom. The minimum absolute atomic E-state index is 0.135. The third-order valence-corrected chi connectivity index (χ3v) is 5.45. The molecule has 0 atom stereocenters. The molecule has 0 spiro atoms. The molecule has 10 nitrogen and oxygen atoms in total. The van der Waals surface area contributed by atoms with E-state index in [2.05, 4.69) is 36.0 Å². The van der Waals surface area contributed by atoms with E-state index in [9.17, 15) is 13.2 Å². The van der Waals surface area contributed by atoms with E-state index in [1.807, 2.05) is 30.3 Å². The van der Waals surface area contributed by atoms with Crippen molar-refractivity contribution in [2.24, 2.45) is 0 Å². The fourth-order valence-electron chi connectivity index (χ4n) is 3.17. The van der Waals surface area contributed by atoms with Crippen LogP contribution in [0.1, 0.15) is 16.7 Å². The Morgan fingerprint density at radius 3 is 2.62 bits per heavy atom. The van der Waals surface area contributed by atoms with Crippen LogP contribution in [0.25, 0.3) is 0 Å². The second kappa shape index (κ2) is 9.81. The Morgan fingerprint density at radius 2 is 1.81 bits per heavy atom. The maximum absolute atomic E-state index is 11.5. The van der Waals surface area contributed by atoms with Crippen LogP contribution < -0.4 is 26.0 Å². The van der Waals surface area contributed by atoms with Crippen molar-refractivity contribution in [2.45, 2.75) is 19.6 Å². The number of thiol groups is 1. The number of amides is 2. The zero-order valence-corrected chi connectivity index (χ0v) is 18.3. The molecule has 1 aromatic heterocycles. The molecule has 1 aliphatic heterocycles. The van der Waals surface area contributed by atoms with Gasteiger partial charge in [0.25, 0.3) is 0 Å². The molecular weight excluding hydrogens is 454 g/mol. The molecule has 0 fully saturated rings. The molecule has 1 aliphatic rings. The first-order valence-corrected chi connectivity index (χ1v) is 11.2. The lowest BCUT2D eigenvalue weighted by molar-refractivity contribution is 0.241. The number of benzene rings is 2. The molecule has 32 heavy (non-hydrogen) atoms. The number of para-hydroxylation sites is 1. The quantitative estimate of drug-likeness (QED) is 0.290. The summed E-state index contributed by atoms with van der Waals surface area (Å²) in [7, 11) is -2.71. The van der Waals surface area contributed by atoms with Crippen LogP contribution in [-0.4, -0.2) is 24.4 Å². The van der Waals surface area contributed by atoms with Gasteiger partial charge in [-0.25, -0.2) is 22.9 Å². The topological polar surface area (TPSA) is 137 Å². The minimum Gasteiger partial charge on any atom is -0.339 e. The van der Waals surface area contributed by atoms with Crippen molar-refractivity contribution < 1.29 is 13.2 Å². The summed E-state index contributed by atoms with van der Waals surface area (Å²) in [5, 5.41) is 12.1. The summed E-state index contributed by atoms with van der Waals surface area (Å²) in [6, 6.07) is 12.8. The number of urea groups is 1. The lowest BCUT2D eigenvalue weighted by atomic mass is 10.1. The Labute approximate surface area is 190 Å². The van der Waals surface area contributed by atoms with Crippen LogP contribution in [0.15, 0.2) is 48.7 Å². The van der Waals surface area contributed by atoms with E-state index in [0.717, 1.165) is 22.4 Å². The summed E-state index contributed by atoms with van der Waals surface area (Å²) in [6.45, 7) is 1.02. The van der Waals surface area contributed by atoms with Gasteiger partial charge in [-0.3, -0.25) is 0 Å². The van der Waals surface area contributed by atoms with E-state index in [1.165, 1.54) is 6.20 Å². The molecular formula is C20H20ClN7O3S. The van der Waals surface area contributed by atoms with Crippen molar-refractivity contribution in [3.8, 4) is 0 Å². The number of anilines is 4. The van der Waals surface area contributed by atoms with Crippen LogP contribution in [0, 0.1) is 0 Å². The molecule has 5 N–H and O–H groups in total. The maximum Gasteiger partial charge on any atom is 0.315 e. The highest BCUT2D eigenvalue weighted by molar-refractivity contribution is 7.70. The molecule has 166 valence electrons. The highest BCUT2D eigenvalue weighted by Gasteiger charge is 2.13. The molecule has 4 rings (SSSR count). The molecule has 0 saturated heterocycles. The van der Waals surface area contributed by atoms with Crippen LogP contribution in [0.3, 0.4) is 0 Å². The number of fused-ring (bicyclic) bond motifs is 1. The Hall–Kier alpha value is -3.41. The van der Waals surface area contributed by atoms with E-state index >= 15 is 0 Å². The molecule has 2 heterocycles. The molecule has 0 unspecified atom stereocenters. The SMILES string of the molecule is O=C1NCc2ccc(Nc3ncc(Cl)c(Nc4ccccc4CN[SH](=O)=O)n3)cc2CN1. The van der Waals surface area contributed by atoms with Gasteiger partial charge in [-0.15, -0.1) is 0 Å². The lowest BCUT2D eigenvalue weighted by Crippen LogP contribution is -2.31. The van der Waals surface area contributed by atoms with Crippen molar-refractivity contribution in [3.63, 3.8) is 0 Å². The maximum atomic E-state index is 11.5. The molecule has 2 amide bonds. The van der Waals surface area contributed by atoms with Gasteiger partial charge < -0.3 is 21.3 Å². The standard InChI is InChI=1S/C20H20ClN7O3S/c21-16-11-22-19(26-15-6-5-12-8-23-20(29)24-9-14(12)7-15)28-18(16)27-17-4-2-1-3-13(17)10-25-32(30)31/h1-7,11,32H,8-10H2,(H2,23,24,29)(H,25,30,31)(H2,22,26,27,28). The first-order valence-electron chi connectivity index (χ1n) is 9.64. The number of halogens is 1. The summed E-state index contributed by atoms with van der Waals surface area (Å²) in [4.78, 5) is 20.2. The second-order valence-electron chi connectivity index (χ2n) is 6.91. The fourth-order valence-corrected chi connectivity index (χ4v) is 3.61. The van der Waals surface area contributed by atoms with Gasteiger partial charge in [-0.2, -0.15) is 4.98 Å². The van der Waals surface area contributed by atoms with Crippen molar-refractivity contribution in [1.82, 2.24) is 25.3 Å². The minimum atomic E-state index is -2.71. The van der Waals surface area contributed by atoms with E-state index in [-0.39, 0.29) is 12.6 Å². The number of nitrogens with one attached hydrogen (secondary N) is 5. The van der Waals surface area contributed by atoms with Crippen molar-refractivity contribution in [1.29, 1.82) is 0 Å². The monoisotopic (exact) mass is 473 g/mol. The summed E-state index contributed by atoms with van der Waals surface area (Å²) >= 11 is 6.28. The summed E-state index contributed by atoms with van der Waals surface area (Å²) in [5.41, 5.74) is 4.17. The van der Waals surface area contributed by atoms with Gasteiger partial charge in [0.2, 0.25) is 16.8 Å². The Kier molecular flexibility index (Phi) is 6.69. The van der Waals surface area contributed by atoms with Gasteiger partial charge in [0.1, 0.15) is 5.02 Å². The van der Waals surface area contributed by atoms with Gasteiger partial charge in [0.05, 0.1) is 6.20 Å². The number of carbonyl (C=O) groups excluding carboxylic acids is 1. The number of hydrogen-bond acceptors (Lipinski definition) is 7. The third-order valence-electron chi connectivity index (χ3n) is 4.75. The average Bonchev–Trinajstić information content (AvgIpc) is 2.96. The summed E-state index contributed by atoms with van der Waals surface area (Å²) < 4.78 is 24.1. The van der Waals surface area contributed by atoms with Crippen molar-refractivity contribution in [3.05, 3.63) is 70.4 Å². The smallest absolute Gasteiger partial charge is 0.315 e. The zero-order chi connectivity index (χ0) is 22.5. The lowest BCUT2D eigenvalue weighted by Gasteiger charge is -2.14. The van der Waals surface area contributed by atoms with Gasteiger partial charge in [-0.1, -0.05) is 35.9 Å². The fraction of sp³-hybridized carbons (Fsp3) is 0.150. The predicted molar refractivity (Wildman–Crippen MR) is 123 cm³/mol. The summed E-state index contributed by atoms with van der Waals surface area (Å²) in [5.74, 6) is 0.695. The van der Waals surface area contributed by atoms with E-state index in [4.69, 9.17) is 11.6 Å². The Balaban J connectivity index is 1.54. The molecule has 0 radical (unpaired) electrons. The van der Waals surface area contributed by atoms with Gasteiger partial charge in [0.15, 0.2) is 5.82 Å². The van der Waals surface area contributed by atoms with Gasteiger partial charge in [-0.05, 0) is 34.9 Å². The van der Waals surface area contributed by atoms with Gasteiger partial charge in [0, 0.05) is 31.0 Å². The van der Waals surface area contributed by atoms with Crippen LogP contribution in [0.5, 0.6) is 0 Å². The number of carbonyl (C=O) groups is 1. The zero-order valence-electron chi connectivity index (χ0n) is 16.7. The molecule has 0 saturated carbocycles. The first kappa shape index (κ1) is 21.8. The normalized spacial score (nSPS) is 13.0. The molecule has 0 bridgehead atoms. The molecule has 2 aromatic carbocycles.